The van der Waals surface area contributed by atoms with Gasteiger partial charge in [0.25, 0.3) is 0 Å². The van der Waals surface area contributed by atoms with Crippen molar-refractivity contribution < 1.29 is 39.3 Å². The van der Waals surface area contributed by atoms with Crippen molar-refractivity contribution in [2.75, 3.05) is 0 Å². The van der Waals surface area contributed by atoms with Gasteiger partial charge in [-0.05, 0) is 37.0 Å². The summed E-state index contributed by atoms with van der Waals surface area (Å²) in [7, 11) is 0. The zero-order valence-electron chi connectivity index (χ0n) is 19.7. The van der Waals surface area contributed by atoms with Crippen LogP contribution in [0.5, 0.6) is 5.75 Å². The number of aliphatic hydroxyl groups is 1. The van der Waals surface area contributed by atoms with Crippen LogP contribution in [-0.4, -0.2) is 75.2 Å². The number of hydrogen-bond donors (Lipinski definition) is 8. The number of amides is 4. The largest absolute Gasteiger partial charge is 0.508 e. The maximum atomic E-state index is 12.8. The first-order chi connectivity index (χ1) is 16.2. The monoisotopic (exact) mass is 495 g/mol. The first-order valence-corrected chi connectivity index (χ1v) is 10.9. The minimum absolute atomic E-state index is 0.0373. The highest BCUT2D eigenvalue weighted by atomic mass is 16.4. The first kappa shape index (κ1) is 29.3. The number of rotatable bonds is 13. The summed E-state index contributed by atoms with van der Waals surface area (Å²) in [5.74, 6) is -5.48. The molecule has 1 rings (SSSR count). The van der Waals surface area contributed by atoms with Crippen molar-refractivity contribution in [3.8, 4) is 5.75 Å². The summed E-state index contributed by atoms with van der Waals surface area (Å²) in [6.45, 7) is 4.33. The third-order valence-corrected chi connectivity index (χ3v) is 5.06. The van der Waals surface area contributed by atoms with Crippen LogP contribution < -0.4 is 27.4 Å². The van der Waals surface area contributed by atoms with E-state index in [2.05, 4.69) is 16.0 Å². The maximum absolute atomic E-state index is 12.8. The second kappa shape index (κ2) is 13.2. The van der Waals surface area contributed by atoms with Crippen LogP contribution in [0.4, 0.5) is 0 Å². The molecule has 0 saturated heterocycles. The zero-order chi connectivity index (χ0) is 26.9. The molecule has 0 aliphatic heterocycles. The maximum Gasteiger partial charge on any atom is 0.326 e. The molecule has 0 fully saturated rings. The third-order valence-electron chi connectivity index (χ3n) is 5.06. The van der Waals surface area contributed by atoms with Crippen LogP contribution in [-0.2, 0) is 30.4 Å². The second-order valence-corrected chi connectivity index (χ2v) is 8.50. The molecule has 194 valence electrons. The zero-order valence-corrected chi connectivity index (χ0v) is 19.7. The molecule has 13 heteroatoms. The molecule has 1 aromatic carbocycles. The highest BCUT2D eigenvalue weighted by Gasteiger charge is 2.33. The van der Waals surface area contributed by atoms with Gasteiger partial charge in [0.1, 0.15) is 23.9 Å². The Morgan fingerprint density at radius 1 is 0.886 bits per heavy atom. The van der Waals surface area contributed by atoms with Crippen LogP contribution in [0.3, 0.4) is 0 Å². The molecule has 1 aromatic rings. The number of aliphatic carboxylic acids is 1. The van der Waals surface area contributed by atoms with E-state index < -0.39 is 72.2 Å². The number of carboxylic acids is 1. The number of nitrogens with one attached hydrogen (secondary N) is 3. The van der Waals surface area contributed by atoms with Gasteiger partial charge in [0.05, 0.1) is 18.6 Å². The van der Waals surface area contributed by atoms with Gasteiger partial charge in [0.15, 0.2) is 0 Å². The van der Waals surface area contributed by atoms with Crippen molar-refractivity contribution in [3.05, 3.63) is 29.8 Å². The van der Waals surface area contributed by atoms with Crippen LogP contribution in [0.15, 0.2) is 24.3 Å². The summed E-state index contributed by atoms with van der Waals surface area (Å²) in [5, 5.41) is 35.4. The molecular weight excluding hydrogens is 462 g/mol. The van der Waals surface area contributed by atoms with Crippen molar-refractivity contribution in [1.29, 1.82) is 0 Å². The van der Waals surface area contributed by atoms with Crippen molar-refractivity contribution in [2.45, 2.75) is 63.9 Å². The number of carbonyl (C=O) groups is 5. The fraction of sp³-hybridized carbons (Fsp3) is 0.500. The Morgan fingerprint density at radius 2 is 1.43 bits per heavy atom. The van der Waals surface area contributed by atoms with E-state index in [1.165, 1.54) is 19.1 Å². The van der Waals surface area contributed by atoms with E-state index in [0.29, 0.717) is 5.56 Å². The summed E-state index contributed by atoms with van der Waals surface area (Å²) < 4.78 is 0. The normalized spacial score (nSPS) is 15.3. The summed E-state index contributed by atoms with van der Waals surface area (Å²) in [6, 6.07) is 0.474. The van der Waals surface area contributed by atoms with E-state index in [1.54, 1.807) is 26.0 Å². The molecule has 5 unspecified atom stereocenters. The van der Waals surface area contributed by atoms with Crippen molar-refractivity contribution in [1.82, 2.24) is 16.0 Å². The molecule has 0 saturated carbocycles. The molecular formula is C22H33N5O8. The Kier molecular flexibility index (Phi) is 11.1. The van der Waals surface area contributed by atoms with Crippen molar-refractivity contribution in [3.63, 3.8) is 0 Å². The number of phenols is 1. The van der Waals surface area contributed by atoms with E-state index >= 15 is 0 Å². The number of carboxylic acid groups (broad SMARTS) is 1. The van der Waals surface area contributed by atoms with E-state index in [0.717, 1.165) is 0 Å². The Hall–Kier alpha value is -3.71. The molecule has 0 heterocycles. The first-order valence-electron chi connectivity index (χ1n) is 10.9. The number of aliphatic hydroxyl groups excluding tert-OH is 1. The van der Waals surface area contributed by atoms with Crippen LogP contribution >= 0.6 is 0 Å². The van der Waals surface area contributed by atoms with Crippen molar-refractivity contribution in [2.24, 2.45) is 17.4 Å². The van der Waals surface area contributed by atoms with E-state index in [9.17, 15) is 39.3 Å². The molecule has 35 heavy (non-hydrogen) atoms. The molecule has 10 N–H and O–H groups in total. The molecule has 0 bridgehead atoms. The number of carbonyl (C=O) groups excluding carboxylic acids is 4. The average molecular weight is 496 g/mol. The Morgan fingerprint density at radius 3 is 1.89 bits per heavy atom. The lowest BCUT2D eigenvalue weighted by Crippen LogP contribution is -2.60. The lowest BCUT2D eigenvalue weighted by Gasteiger charge is -2.26. The van der Waals surface area contributed by atoms with Gasteiger partial charge in [-0.1, -0.05) is 26.0 Å². The highest BCUT2D eigenvalue weighted by Crippen LogP contribution is 2.11. The van der Waals surface area contributed by atoms with Gasteiger partial charge >= 0.3 is 5.97 Å². The van der Waals surface area contributed by atoms with Crippen LogP contribution in [0.1, 0.15) is 32.8 Å². The summed E-state index contributed by atoms with van der Waals surface area (Å²) in [5.41, 5.74) is 11.7. The van der Waals surface area contributed by atoms with Gasteiger partial charge in [-0.25, -0.2) is 4.79 Å². The van der Waals surface area contributed by atoms with Gasteiger partial charge in [0.2, 0.25) is 23.6 Å². The van der Waals surface area contributed by atoms with Gasteiger partial charge in [-0.2, -0.15) is 0 Å². The summed E-state index contributed by atoms with van der Waals surface area (Å²) in [6.07, 6.45) is -2.00. The predicted octanol–water partition coefficient (Wildman–Crippen LogP) is -2.29. The number of hydrogen-bond acceptors (Lipinski definition) is 8. The standard InChI is InChI=1S/C22H33N5O8/c1-10(2)17(22(34)35)26-20(32)15(9-16(24)30)25-21(33)18(11(3)28)27-19(31)14(23)8-12-4-6-13(29)7-5-12/h4-7,10-11,14-15,17-18,28-29H,8-9,23H2,1-3H3,(H2,24,30)(H,25,33)(H,26,32)(H,27,31)(H,34,35). The van der Waals surface area contributed by atoms with Crippen LogP contribution in [0.25, 0.3) is 0 Å². The fourth-order valence-corrected chi connectivity index (χ4v) is 3.08. The molecule has 4 amide bonds. The van der Waals surface area contributed by atoms with Gasteiger partial charge in [-0.3, -0.25) is 19.2 Å². The number of nitrogens with two attached hydrogens (primary N) is 2. The molecule has 5 atom stereocenters. The van der Waals surface area contributed by atoms with Crippen LogP contribution in [0.2, 0.25) is 0 Å². The predicted molar refractivity (Wildman–Crippen MR) is 124 cm³/mol. The molecule has 13 nitrogen and oxygen atoms in total. The summed E-state index contributed by atoms with van der Waals surface area (Å²) >= 11 is 0. The lowest BCUT2D eigenvalue weighted by atomic mass is 10.0. The van der Waals surface area contributed by atoms with Crippen molar-refractivity contribution >= 4 is 29.6 Å². The Bertz CT molecular complexity index is 919. The van der Waals surface area contributed by atoms with E-state index in [1.807, 2.05) is 0 Å². The van der Waals surface area contributed by atoms with Crippen LogP contribution in [0, 0.1) is 5.92 Å². The molecule has 0 aromatic heterocycles. The number of benzene rings is 1. The molecule has 0 spiro atoms. The highest BCUT2D eigenvalue weighted by molar-refractivity contribution is 5.96. The molecule has 0 aliphatic carbocycles. The second-order valence-electron chi connectivity index (χ2n) is 8.50. The topological polar surface area (TPSA) is 234 Å². The SMILES string of the molecule is CC(C)C(NC(=O)C(CC(N)=O)NC(=O)C(NC(=O)C(N)Cc1ccc(O)cc1)C(C)O)C(=O)O. The van der Waals surface area contributed by atoms with Gasteiger partial charge < -0.3 is 42.7 Å². The minimum Gasteiger partial charge on any atom is -0.508 e. The molecule has 0 radical (unpaired) electrons. The number of primary amides is 1. The lowest BCUT2D eigenvalue weighted by molar-refractivity contribution is -0.143. The smallest absolute Gasteiger partial charge is 0.326 e. The average Bonchev–Trinajstić information content (AvgIpc) is 2.75. The third kappa shape index (κ3) is 9.59. The number of aromatic hydroxyl groups is 1. The minimum atomic E-state index is -1.55. The fourth-order valence-electron chi connectivity index (χ4n) is 3.08. The Labute approximate surface area is 202 Å². The van der Waals surface area contributed by atoms with E-state index in [4.69, 9.17) is 11.5 Å². The number of phenolic OH excluding ortho intramolecular Hbond substituents is 1. The molecule has 0 aliphatic rings. The van der Waals surface area contributed by atoms with E-state index in [-0.39, 0.29) is 12.2 Å². The Balaban J connectivity index is 2.93. The van der Waals surface area contributed by atoms with Gasteiger partial charge in [0, 0.05) is 0 Å². The quantitative estimate of drug-likeness (QED) is 0.147. The van der Waals surface area contributed by atoms with Gasteiger partial charge in [-0.15, -0.1) is 0 Å². The summed E-state index contributed by atoms with van der Waals surface area (Å²) in [4.78, 5) is 60.7.